The number of nitrogens with two attached hydrogens (primary N) is 1. The molecule has 1 saturated heterocycles. The van der Waals surface area contributed by atoms with Crippen molar-refractivity contribution >= 4 is 28.4 Å². The van der Waals surface area contributed by atoms with Crippen LogP contribution in [0.5, 0.6) is 17.2 Å². The molecule has 3 aromatic carbocycles. The average Bonchev–Trinajstić information content (AvgIpc) is 3.00. The minimum Gasteiger partial charge on any atom is -0.497 e. The summed E-state index contributed by atoms with van der Waals surface area (Å²) in [5.74, 6) is 2.93. The summed E-state index contributed by atoms with van der Waals surface area (Å²) in [6.07, 6.45) is 2.56. The Morgan fingerprint density at radius 3 is 2.45 bits per heavy atom. The number of methoxy groups -OCH3 is 3. The number of aromatic nitrogens is 2. The van der Waals surface area contributed by atoms with Gasteiger partial charge in [0.2, 0.25) is 5.95 Å². The molecule has 1 aromatic heterocycles. The van der Waals surface area contributed by atoms with E-state index in [0.29, 0.717) is 37.1 Å². The maximum Gasteiger partial charge on any atom is 0.223 e. The minimum atomic E-state index is 0.118. The molecule has 0 amide bonds. The summed E-state index contributed by atoms with van der Waals surface area (Å²) in [4.78, 5) is 13.5. The Hall–Kier alpha value is -4.73. The number of nitrogens with zero attached hydrogens (tertiary/aromatic N) is 4. The van der Waals surface area contributed by atoms with Gasteiger partial charge in [-0.3, -0.25) is 5.41 Å². The van der Waals surface area contributed by atoms with E-state index in [1.807, 2.05) is 35.2 Å². The second-order valence-corrected chi connectivity index (χ2v) is 9.57. The number of hydrogen-bond acceptors (Lipinski definition) is 8. The van der Waals surface area contributed by atoms with Gasteiger partial charge >= 0.3 is 0 Å². The van der Waals surface area contributed by atoms with Crippen LogP contribution in [-0.4, -0.2) is 74.9 Å². The predicted molar refractivity (Wildman–Crippen MR) is 159 cm³/mol. The van der Waals surface area contributed by atoms with Crippen LogP contribution in [0.25, 0.3) is 22.0 Å². The lowest BCUT2D eigenvalue weighted by atomic mass is 10.0. The fourth-order valence-electron chi connectivity index (χ4n) is 5.00. The number of piperazine rings is 1. The van der Waals surface area contributed by atoms with E-state index in [9.17, 15) is 0 Å². The Morgan fingerprint density at radius 2 is 1.73 bits per heavy atom. The van der Waals surface area contributed by atoms with Crippen LogP contribution >= 0.6 is 0 Å². The summed E-state index contributed by atoms with van der Waals surface area (Å²) in [6, 6.07) is 18.3. The highest BCUT2D eigenvalue weighted by Crippen LogP contribution is 2.35. The number of guanidine groups is 1. The SMILES string of the molecule is COc1ccc2cc(-c3ccnc(NCCc4ccc(OC)c(OC)c4)n3)cc(N3CCN(C(=N)N)CC3)c2c1. The molecule has 10 heteroatoms. The average molecular weight is 542 g/mol. The fourth-order valence-corrected chi connectivity index (χ4v) is 5.00. The third kappa shape index (κ3) is 5.80. The molecule has 208 valence electrons. The highest BCUT2D eigenvalue weighted by Gasteiger charge is 2.21. The van der Waals surface area contributed by atoms with E-state index in [2.05, 4.69) is 39.5 Å². The van der Waals surface area contributed by atoms with Gasteiger partial charge in [-0.2, -0.15) is 0 Å². The summed E-state index contributed by atoms with van der Waals surface area (Å²) >= 11 is 0. The fraction of sp³-hybridized carbons (Fsp3) is 0.300. The molecule has 0 saturated carbocycles. The maximum absolute atomic E-state index is 7.78. The van der Waals surface area contributed by atoms with Crippen LogP contribution in [0.4, 0.5) is 11.6 Å². The van der Waals surface area contributed by atoms with Crippen LogP contribution in [0, 0.1) is 5.41 Å². The normalized spacial score (nSPS) is 13.3. The van der Waals surface area contributed by atoms with E-state index in [4.69, 9.17) is 30.3 Å². The van der Waals surface area contributed by atoms with Gasteiger partial charge in [-0.25, -0.2) is 9.97 Å². The van der Waals surface area contributed by atoms with E-state index < -0.39 is 0 Å². The molecule has 1 aliphatic heterocycles. The van der Waals surface area contributed by atoms with Gasteiger partial charge in [0.15, 0.2) is 17.5 Å². The van der Waals surface area contributed by atoms with Crippen LogP contribution in [0.3, 0.4) is 0 Å². The van der Waals surface area contributed by atoms with Crippen molar-refractivity contribution < 1.29 is 14.2 Å². The summed E-state index contributed by atoms with van der Waals surface area (Å²) in [5.41, 5.74) is 9.81. The van der Waals surface area contributed by atoms with Crippen molar-refractivity contribution in [1.29, 1.82) is 5.41 Å². The van der Waals surface area contributed by atoms with E-state index in [1.54, 1.807) is 27.5 Å². The molecule has 2 heterocycles. The number of benzene rings is 3. The molecular weight excluding hydrogens is 506 g/mol. The first-order valence-corrected chi connectivity index (χ1v) is 13.2. The molecule has 4 N–H and O–H groups in total. The second-order valence-electron chi connectivity index (χ2n) is 9.57. The lowest BCUT2D eigenvalue weighted by molar-refractivity contribution is 0.354. The van der Waals surface area contributed by atoms with Crippen molar-refractivity contribution in [3.05, 3.63) is 66.4 Å². The van der Waals surface area contributed by atoms with Crippen molar-refractivity contribution in [2.75, 3.05) is 64.3 Å². The lowest BCUT2D eigenvalue weighted by Gasteiger charge is -2.37. The maximum atomic E-state index is 7.78. The van der Waals surface area contributed by atoms with Crippen LogP contribution in [0.1, 0.15) is 5.56 Å². The van der Waals surface area contributed by atoms with Gasteiger partial charge in [-0.15, -0.1) is 0 Å². The summed E-state index contributed by atoms with van der Waals surface area (Å²) < 4.78 is 16.3. The van der Waals surface area contributed by atoms with Crippen LogP contribution in [-0.2, 0) is 6.42 Å². The summed E-state index contributed by atoms with van der Waals surface area (Å²) in [5, 5.41) is 13.3. The third-order valence-corrected chi connectivity index (χ3v) is 7.20. The molecule has 40 heavy (non-hydrogen) atoms. The Morgan fingerprint density at radius 1 is 0.925 bits per heavy atom. The van der Waals surface area contributed by atoms with Crippen LogP contribution in [0.2, 0.25) is 0 Å². The predicted octanol–water partition coefficient (Wildman–Crippen LogP) is 3.99. The Balaban J connectivity index is 1.38. The van der Waals surface area contributed by atoms with Crippen molar-refractivity contribution in [3.63, 3.8) is 0 Å². The molecule has 0 atom stereocenters. The van der Waals surface area contributed by atoms with E-state index in [1.165, 1.54) is 0 Å². The zero-order chi connectivity index (χ0) is 28.1. The number of anilines is 2. The smallest absolute Gasteiger partial charge is 0.223 e. The van der Waals surface area contributed by atoms with Gasteiger partial charge in [0.1, 0.15) is 5.75 Å². The number of nitrogens with one attached hydrogen (secondary N) is 2. The molecule has 4 aromatic rings. The van der Waals surface area contributed by atoms with Crippen molar-refractivity contribution in [3.8, 4) is 28.5 Å². The van der Waals surface area contributed by atoms with Gasteiger partial charge in [0, 0.05) is 55.6 Å². The molecule has 1 fully saturated rings. The van der Waals surface area contributed by atoms with E-state index in [0.717, 1.165) is 58.5 Å². The van der Waals surface area contributed by atoms with Crippen molar-refractivity contribution in [2.45, 2.75) is 6.42 Å². The Labute approximate surface area is 234 Å². The first-order chi connectivity index (χ1) is 19.5. The number of rotatable bonds is 9. The van der Waals surface area contributed by atoms with Crippen LogP contribution < -0.4 is 30.2 Å². The minimum absolute atomic E-state index is 0.118. The first-order valence-electron chi connectivity index (χ1n) is 13.2. The molecule has 5 rings (SSSR count). The third-order valence-electron chi connectivity index (χ3n) is 7.20. The Kier molecular flexibility index (Phi) is 8.04. The van der Waals surface area contributed by atoms with Crippen molar-refractivity contribution in [1.82, 2.24) is 14.9 Å². The summed E-state index contributed by atoms with van der Waals surface area (Å²) in [6.45, 7) is 3.60. The number of hydrogen-bond donors (Lipinski definition) is 3. The highest BCUT2D eigenvalue weighted by atomic mass is 16.5. The van der Waals surface area contributed by atoms with Gasteiger partial charge in [0.25, 0.3) is 0 Å². The van der Waals surface area contributed by atoms with Crippen LogP contribution in [0.15, 0.2) is 60.8 Å². The lowest BCUT2D eigenvalue weighted by Crippen LogP contribution is -2.50. The zero-order valence-electron chi connectivity index (χ0n) is 23.1. The monoisotopic (exact) mass is 541 g/mol. The van der Waals surface area contributed by atoms with E-state index >= 15 is 0 Å². The topological polar surface area (TPSA) is 122 Å². The number of ether oxygens (including phenoxy) is 3. The molecular formula is C30H35N7O3. The van der Waals surface area contributed by atoms with Gasteiger partial charge in [0.05, 0.1) is 27.0 Å². The second kappa shape index (κ2) is 12.0. The number of fused-ring (bicyclic) bond motifs is 1. The molecule has 1 aliphatic rings. The molecule has 0 aliphatic carbocycles. The Bertz CT molecular complexity index is 1500. The van der Waals surface area contributed by atoms with E-state index in [-0.39, 0.29) is 5.96 Å². The van der Waals surface area contributed by atoms with Gasteiger partial charge in [-0.1, -0.05) is 12.1 Å². The van der Waals surface area contributed by atoms with Crippen molar-refractivity contribution in [2.24, 2.45) is 5.73 Å². The molecule has 0 radical (unpaired) electrons. The zero-order valence-corrected chi connectivity index (χ0v) is 23.1. The van der Waals surface area contributed by atoms with Gasteiger partial charge < -0.3 is 35.1 Å². The molecule has 0 spiro atoms. The molecule has 10 nitrogen and oxygen atoms in total. The molecule has 0 bridgehead atoms. The first kappa shape index (κ1) is 26.9. The standard InChI is InChI=1S/C30H35N7O3/c1-38-23-6-5-21-17-22(18-26(24(21)19-23)36-12-14-37(15-13-36)29(31)32)25-9-11-34-30(35-25)33-10-8-20-4-7-27(39-2)28(16-20)40-3/h4-7,9,11,16-19H,8,10,12-15H2,1-3H3,(H3,31,32)(H,33,34,35). The highest BCUT2D eigenvalue weighted by molar-refractivity contribution is 5.99. The van der Waals surface area contributed by atoms with Gasteiger partial charge in [-0.05, 0) is 59.8 Å². The molecule has 0 unspecified atom stereocenters. The summed E-state index contributed by atoms with van der Waals surface area (Å²) in [7, 11) is 4.95. The quantitative estimate of drug-likeness (QED) is 0.213. The largest absolute Gasteiger partial charge is 0.497 e.